The molecule has 0 heterocycles. The highest BCUT2D eigenvalue weighted by molar-refractivity contribution is 6.61. The molecule has 0 radical (unpaired) electrons. The normalized spacial score (nSPS) is 12.3. The molecular formula is C31H55ClN4O12. The molecule has 0 aliphatic rings. The van der Waals surface area contributed by atoms with E-state index in [1.54, 1.807) is 34.6 Å². The molecular weight excluding hydrogens is 656 g/mol. The molecule has 48 heavy (non-hydrogen) atoms. The lowest BCUT2D eigenvalue weighted by Gasteiger charge is -2.22. The molecule has 16 nitrogen and oxygen atoms in total. The molecule has 1 rings (SSSR count). The van der Waals surface area contributed by atoms with Crippen molar-refractivity contribution < 1.29 is 52.6 Å². The molecule has 0 aliphatic heterocycles. The van der Waals surface area contributed by atoms with Gasteiger partial charge in [-0.05, 0) is 95.2 Å². The highest BCUT2D eigenvalue weighted by Crippen LogP contribution is 2.17. The zero-order chi connectivity index (χ0) is 37.9. The topological polar surface area (TPSA) is 239 Å². The minimum Gasteiger partial charge on any atom is -0.459 e. The lowest BCUT2D eigenvalue weighted by atomic mass is 10.2. The van der Waals surface area contributed by atoms with Crippen molar-refractivity contribution in [3.8, 4) is 5.75 Å². The molecule has 0 aromatic heterocycles. The number of methoxy groups -OCH3 is 1. The summed E-state index contributed by atoms with van der Waals surface area (Å²) in [6, 6.07) is 3.05. The Bertz CT molecular complexity index is 1120. The number of nitro groups is 1. The van der Waals surface area contributed by atoms with Crippen LogP contribution in [0.25, 0.3) is 0 Å². The van der Waals surface area contributed by atoms with Crippen LogP contribution in [0.2, 0.25) is 0 Å². The summed E-state index contributed by atoms with van der Waals surface area (Å²) in [5.74, 6) is -1.17. The lowest BCUT2D eigenvalue weighted by Crippen LogP contribution is -2.43. The van der Waals surface area contributed by atoms with E-state index >= 15 is 0 Å². The van der Waals surface area contributed by atoms with Gasteiger partial charge in [-0.3, -0.25) is 19.7 Å². The summed E-state index contributed by atoms with van der Waals surface area (Å²) >= 11 is 4.60. The van der Waals surface area contributed by atoms with E-state index in [0.717, 1.165) is 0 Å². The van der Waals surface area contributed by atoms with Crippen molar-refractivity contribution in [1.82, 2.24) is 5.32 Å². The van der Waals surface area contributed by atoms with Gasteiger partial charge in [0, 0.05) is 23.7 Å². The molecule has 0 unspecified atom stereocenters. The van der Waals surface area contributed by atoms with Crippen LogP contribution in [0.1, 0.15) is 90.5 Å². The van der Waals surface area contributed by atoms with Crippen LogP contribution in [0, 0.1) is 10.1 Å². The highest BCUT2D eigenvalue weighted by atomic mass is 35.5. The summed E-state index contributed by atoms with van der Waals surface area (Å²) < 4.78 is 23.8. The first kappa shape index (κ1) is 50.8. The van der Waals surface area contributed by atoms with Crippen molar-refractivity contribution in [3.05, 3.63) is 34.4 Å². The standard InChI is InChI=1S/C14H18N2O6.2C7H15NO2.C2H3ClO2.CH4/c1-9(12(17)22-14(2,3)4)15-13(18)21-11-7-5-10(6-8-11)16(19)20;2*1-5(8)6(9)10-7(2,3)4;1-5-2(3)4;/h5-9H,1-4H3,(H,15,18);2*5H,8H2,1-4H3;1H3;1H4/t9-;2*5-;;/m000../s1. The zero-order valence-corrected chi connectivity index (χ0v) is 30.2. The van der Waals surface area contributed by atoms with Gasteiger partial charge in [-0.2, -0.15) is 0 Å². The summed E-state index contributed by atoms with van der Waals surface area (Å²) in [5, 5.41) is 12.8. The summed E-state index contributed by atoms with van der Waals surface area (Å²) in [6.07, 6.45) is -0.854. The van der Waals surface area contributed by atoms with E-state index in [0.29, 0.717) is 0 Å². The van der Waals surface area contributed by atoms with Crippen LogP contribution in [0.5, 0.6) is 5.75 Å². The van der Waals surface area contributed by atoms with E-state index in [9.17, 15) is 34.1 Å². The number of benzene rings is 1. The fourth-order valence-electron chi connectivity index (χ4n) is 2.19. The number of halogens is 1. The quantitative estimate of drug-likeness (QED) is 0.110. The van der Waals surface area contributed by atoms with Crippen LogP contribution in [0.3, 0.4) is 0 Å². The molecule has 0 aliphatic carbocycles. The maximum absolute atomic E-state index is 11.7. The first-order valence-electron chi connectivity index (χ1n) is 14.2. The minimum absolute atomic E-state index is 0. The summed E-state index contributed by atoms with van der Waals surface area (Å²) in [5.41, 5.74) is 8.14. The molecule has 0 fully saturated rings. The predicted molar refractivity (Wildman–Crippen MR) is 182 cm³/mol. The Balaban J connectivity index is -0.000000311. The smallest absolute Gasteiger partial charge is 0.413 e. The third-order valence-corrected chi connectivity index (χ3v) is 4.22. The van der Waals surface area contributed by atoms with Gasteiger partial charge in [0.05, 0.1) is 12.0 Å². The van der Waals surface area contributed by atoms with Gasteiger partial charge in [0.25, 0.3) is 5.69 Å². The molecule has 5 N–H and O–H groups in total. The monoisotopic (exact) mass is 710 g/mol. The van der Waals surface area contributed by atoms with Gasteiger partial charge in [-0.25, -0.2) is 14.4 Å². The zero-order valence-electron chi connectivity index (χ0n) is 29.4. The number of nitrogens with one attached hydrogen (secondary N) is 1. The summed E-state index contributed by atoms with van der Waals surface area (Å²) in [7, 11) is 1.22. The van der Waals surface area contributed by atoms with Gasteiger partial charge in [0.1, 0.15) is 40.7 Å². The van der Waals surface area contributed by atoms with Gasteiger partial charge in [0.15, 0.2) is 0 Å². The van der Waals surface area contributed by atoms with Crippen LogP contribution in [-0.4, -0.2) is 76.4 Å². The largest absolute Gasteiger partial charge is 0.459 e. The van der Waals surface area contributed by atoms with E-state index < -0.39 is 57.3 Å². The number of amides is 1. The number of esters is 3. The van der Waals surface area contributed by atoms with E-state index in [4.69, 9.17) is 30.4 Å². The van der Waals surface area contributed by atoms with Crippen LogP contribution >= 0.6 is 11.6 Å². The number of rotatable bonds is 6. The van der Waals surface area contributed by atoms with E-state index in [1.807, 2.05) is 41.5 Å². The molecule has 0 saturated heterocycles. The van der Waals surface area contributed by atoms with Gasteiger partial charge in [-0.15, -0.1) is 0 Å². The first-order valence-corrected chi connectivity index (χ1v) is 14.5. The molecule has 3 atom stereocenters. The third-order valence-electron chi connectivity index (χ3n) is 4.07. The van der Waals surface area contributed by atoms with E-state index in [1.165, 1.54) is 38.3 Å². The second-order valence-corrected chi connectivity index (χ2v) is 12.9. The van der Waals surface area contributed by atoms with Crippen molar-refractivity contribution in [2.75, 3.05) is 7.11 Å². The van der Waals surface area contributed by atoms with Crippen molar-refractivity contribution in [1.29, 1.82) is 0 Å². The van der Waals surface area contributed by atoms with Crippen molar-refractivity contribution >= 4 is 46.7 Å². The van der Waals surface area contributed by atoms with Crippen molar-refractivity contribution in [2.24, 2.45) is 11.5 Å². The summed E-state index contributed by atoms with van der Waals surface area (Å²) in [4.78, 5) is 64.3. The SMILES string of the molecule is C.COC(=O)Cl.C[C@H](N)C(=O)OC(C)(C)C.C[C@H](N)C(=O)OC(C)(C)C.C[C@H](NC(=O)Oc1ccc([N+](=O)[O-])cc1)C(=O)OC(C)(C)C. The Labute approximate surface area is 288 Å². The van der Waals surface area contributed by atoms with Crippen molar-refractivity contribution in [2.45, 2.75) is 125 Å². The Hall–Kier alpha value is -4.02. The number of non-ortho nitro benzene ring substituents is 1. The molecule has 0 saturated carbocycles. The van der Waals surface area contributed by atoms with Crippen LogP contribution < -0.4 is 21.5 Å². The number of carbonyl (C=O) groups excluding carboxylic acids is 5. The van der Waals surface area contributed by atoms with Gasteiger partial charge in [0.2, 0.25) is 0 Å². The summed E-state index contributed by atoms with van der Waals surface area (Å²) in [6.45, 7) is 20.7. The van der Waals surface area contributed by atoms with Crippen molar-refractivity contribution in [3.63, 3.8) is 0 Å². The van der Waals surface area contributed by atoms with Crippen LogP contribution in [0.15, 0.2) is 24.3 Å². The molecule has 1 amide bonds. The fourth-order valence-corrected chi connectivity index (χ4v) is 2.19. The van der Waals surface area contributed by atoms with Gasteiger partial charge < -0.3 is 40.5 Å². The maximum Gasteiger partial charge on any atom is 0.413 e. The molecule has 17 heteroatoms. The second kappa shape index (κ2) is 23.3. The number of hydrogen-bond donors (Lipinski definition) is 3. The number of nitrogens with zero attached hydrogens (tertiary/aromatic N) is 1. The Morgan fingerprint density at radius 1 is 0.750 bits per heavy atom. The molecule has 0 spiro atoms. The van der Waals surface area contributed by atoms with Crippen LogP contribution in [0.4, 0.5) is 15.3 Å². The second-order valence-electron chi connectivity index (χ2n) is 12.6. The molecule has 1 aromatic carbocycles. The molecule has 0 bridgehead atoms. The molecule has 278 valence electrons. The number of ether oxygens (including phenoxy) is 5. The minimum atomic E-state index is -0.884. The van der Waals surface area contributed by atoms with Gasteiger partial charge >= 0.3 is 29.4 Å². The Kier molecular flexibility index (Phi) is 24.7. The lowest BCUT2D eigenvalue weighted by molar-refractivity contribution is -0.384. The fraction of sp³-hybridized carbons (Fsp3) is 0.645. The average molecular weight is 711 g/mol. The third kappa shape index (κ3) is 31.9. The average Bonchev–Trinajstić information content (AvgIpc) is 2.87. The number of hydrogen-bond acceptors (Lipinski definition) is 14. The highest BCUT2D eigenvalue weighted by Gasteiger charge is 2.24. The number of nitro benzene ring substituents is 1. The first-order chi connectivity index (χ1) is 21.0. The van der Waals surface area contributed by atoms with Crippen LogP contribution in [-0.2, 0) is 33.3 Å². The predicted octanol–water partition coefficient (Wildman–Crippen LogP) is 5.39. The van der Waals surface area contributed by atoms with E-state index in [-0.39, 0.29) is 30.8 Å². The number of nitrogens with two attached hydrogens (primary N) is 2. The van der Waals surface area contributed by atoms with E-state index in [2.05, 4.69) is 21.7 Å². The maximum atomic E-state index is 11.7. The Morgan fingerprint density at radius 3 is 1.29 bits per heavy atom. The molecule has 1 aromatic rings. The van der Waals surface area contributed by atoms with Gasteiger partial charge in [-0.1, -0.05) is 7.43 Å². The Morgan fingerprint density at radius 2 is 1.06 bits per heavy atom. The number of carbonyl (C=O) groups is 5.